The van der Waals surface area contributed by atoms with E-state index in [9.17, 15) is 4.79 Å². The molecule has 0 aliphatic heterocycles. The number of nitrogens with zero attached hydrogens (tertiary/aromatic N) is 2. The largest absolute Gasteiger partial charge is 1.00 e. The van der Waals surface area contributed by atoms with Crippen molar-refractivity contribution < 1.29 is 26.9 Å². The lowest BCUT2D eigenvalue weighted by atomic mass is 10.1. The summed E-state index contributed by atoms with van der Waals surface area (Å²) in [6.07, 6.45) is 8.08. The summed E-state index contributed by atoms with van der Waals surface area (Å²) in [6, 6.07) is 11.1. The predicted octanol–water partition coefficient (Wildman–Crippen LogP) is 3.23. The number of amides is 1. The molecule has 0 unspecified atom stereocenters. The third-order valence-electron chi connectivity index (χ3n) is 4.71. The quantitative estimate of drug-likeness (QED) is 0.313. The van der Waals surface area contributed by atoms with E-state index in [1.54, 1.807) is 13.0 Å². The van der Waals surface area contributed by atoms with Crippen molar-refractivity contribution in [2.75, 3.05) is 29.5 Å². The first-order chi connectivity index (χ1) is 15.1. The number of aromatic nitrogens is 1. The Morgan fingerprint density at radius 2 is 1.72 bits per heavy atom. The van der Waals surface area contributed by atoms with Gasteiger partial charge in [-0.25, -0.2) is 9.78 Å². The zero-order chi connectivity index (χ0) is 22.3. The third-order valence-corrected chi connectivity index (χ3v) is 4.71. The van der Waals surface area contributed by atoms with E-state index >= 15 is 0 Å². The van der Waals surface area contributed by atoms with Crippen LogP contribution < -0.4 is 33.8 Å². The van der Waals surface area contributed by atoms with Crippen molar-refractivity contribution in [1.82, 2.24) is 0 Å². The molecule has 0 spiro atoms. The number of halogens is 1. The summed E-state index contributed by atoms with van der Waals surface area (Å²) in [7, 11) is 0. The Balaban J connectivity index is 0.00000512. The van der Waals surface area contributed by atoms with Crippen LogP contribution in [0.25, 0.3) is 0 Å². The first-order valence-corrected chi connectivity index (χ1v) is 11.1. The van der Waals surface area contributed by atoms with Crippen LogP contribution in [0.15, 0.2) is 46.6 Å². The number of nitrogens with one attached hydrogen (secondary N) is 3. The van der Waals surface area contributed by atoms with Crippen LogP contribution in [0, 0.1) is 0 Å². The Labute approximate surface area is 196 Å². The number of hydrogen-bond acceptors (Lipinski definition) is 6. The van der Waals surface area contributed by atoms with E-state index < -0.39 is 6.09 Å². The van der Waals surface area contributed by atoms with Crippen LogP contribution in [0.5, 0.6) is 0 Å². The Morgan fingerprint density at radius 3 is 2.41 bits per heavy atom. The lowest BCUT2D eigenvalue weighted by Crippen LogP contribution is -3.00. The van der Waals surface area contributed by atoms with Crippen LogP contribution in [0.2, 0.25) is 0 Å². The van der Waals surface area contributed by atoms with Crippen molar-refractivity contribution >= 4 is 34.8 Å². The molecule has 0 atom stereocenters. The van der Waals surface area contributed by atoms with Gasteiger partial charge in [-0.1, -0.05) is 63.6 Å². The molecule has 0 radical (unpaired) electrons. The minimum absolute atomic E-state index is 0. The molecule has 0 aliphatic carbocycles. The summed E-state index contributed by atoms with van der Waals surface area (Å²) >= 11 is 0. The van der Waals surface area contributed by atoms with Crippen molar-refractivity contribution in [1.29, 1.82) is 0 Å². The van der Waals surface area contributed by atoms with Crippen LogP contribution in [-0.2, 0) is 4.74 Å². The minimum atomic E-state index is -0.572. The van der Waals surface area contributed by atoms with E-state index in [-0.39, 0.29) is 19.0 Å². The van der Waals surface area contributed by atoms with Crippen molar-refractivity contribution in [2.24, 2.45) is 10.2 Å². The molecule has 2 aromatic rings. The van der Waals surface area contributed by atoms with Gasteiger partial charge in [0.25, 0.3) is 0 Å². The number of azo groups is 1. The molecule has 176 valence electrons. The van der Waals surface area contributed by atoms with Crippen LogP contribution in [-0.4, -0.2) is 19.2 Å². The van der Waals surface area contributed by atoms with Gasteiger partial charge in [0, 0.05) is 6.07 Å². The second-order valence-corrected chi connectivity index (χ2v) is 7.29. The van der Waals surface area contributed by atoms with Crippen LogP contribution in [0.1, 0.15) is 58.8 Å². The van der Waals surface area contributed by atoms with E-state index in [1.165, 1.54) is 38.5 Å². The number of hydrogen-bond donors (Lipinski definition) is 3. The van der Waals surface area contributed by atoms with Gasteiger partial charge in [0.2, 0.25) is 11.6 Å². The molecule has 32 heavy (non-hydrogen) atoms. The Hall–Kier alpha value is -2.87. The molecule has 0 saturated heterocycles. The average molecular weight is 463 g/mol. The van der Waals surface area contributed by atoms with Gasteiger partial charge in [-0.05, 0) is 25.5 Å². The number of unbranched alkanes of at least 4 members (excludes halogenated alkanes) is 6. The molecule has 0 aliphatic rings. The molecular weight excluding hydrogens is 428 g/mol. The van der Waals surface area contributed by atoms with Crippen molar-refractivity contribution in [2.45, 2.75) is 58.8 Å². The summed E-state index contributed by atoms with van der Waals surface area (Å²) in [4.78, 5) is 14.9. The Bertz CT molecular complexity index is 833. The van der Waals surface area contributed by atoms with Gasteiger partial charge >= 0.3 is 6.09 Å². The van der Waals surface area contributed by atoms with E-state index in [0.29, 0.717) is 23.0 Å². The molecule has 1 aromatic carbocycles. The fourth-order valence-corrected chi connectivity index (χ4v) is 3.05. The summed E-state index contributed by atoms with van der Waals surface area (Å²) < 4.78 is 4.94. The summed E-state index contributed by atoms with van der Waals surface area (Å²) in [5.74, 6) is 0.978. The number of anilines is 3. The van der Waals surface area contributed by atoms with Crippen LogP contribution in [0.3, 0.4) is 0 Å². The van der Waals surface area contributed by atoms with Crippen molar-refractivity contribution in [3.05, 3.63) is 36.4 Å². The number of carbonyl (C=O) groups excluding carboxylic acids is 1. The highest BCUT2D eigenvalue weighted by molar-refractivity contribution is 5.88. The van der Waals surface area contributed by atoms with E-state index in [1.807, 2.05) is 30.3 Å². The van der Waals surface area contributed by atoms with E-state index in [2.05, 4.69) is 32.8 Å². The minimum Gasteiger partial charge on any atom is -1.00 e. The van der Waals surface area contributed by atoms with Gasteiger partial charge in [0.15, 0.2) is 5.69 Å². The van der Waals surface area contributed by atoms with E-state index in [0.717, 1.165) is 18.7 Å². The van der Waals surface area contributed by atoms with Crippen LogP contribution in [0.4, 0.5) is 33.5 Å². The summed E-state index contributed by atoms with van der Waals surface area (Å²) in [5.41, 5.74) is 7.78. The number of ether oxygens (including phenoxy) is 1. The molecule has 2 rings (SSSR count). The number of carbonyl (C=O) groups is 1. The lowest BCUT2D eigenvalue weighted by Gasteiger charge is -2.09. The molecule has 1 aromatic heterocycles. The number of H-pyrrole nitrogens is 1. The van der Waals surface area contributed by atoms with E-state index in [4.69, 9.17) is 10.5 Å². The molecule has 8 nitrogen and oxygen atoms in total. The highest BCUT2D eigenvalue weighted by Crippen LogP contribution is 2.29. The molecule has 0 fully saturated rings. The summed E-state index contributed by atoms with van der Waals surface area (Å²) in [5, 5.41) is 14.6. The molecule has 9 heteroatoms. The topological polar surface area (TPSA) is 115 Å². The van der Waals surface area contributed by atoms with Gasteiger partial charge in [-0.3, -0.25) is 5.32 Å². The molecule has 0 bridgehead atoms. The highest BCUT2D eigenvalue weighted by atomic mass is 35.5. The number of aromatic amines is 1. The van der Waals surface area contributed by atoms with Gasteiger partial charge in [-0.15, -0.1) is 5.11 Å². The van der Waals surface area contributed by atoms with Gasteiger partial charge in [0.05, 0.1) is 18.8 Å². The maximum atomic E-state index is 11.8. The SMILES string of the molecule is CCCCCCCCCNc1[nH+]c(N)c(NC(=O)OCC)cc1N=Nc1ccccc1.[Cl-]. The Morgan fingerprint density at radius 1 is 1.03 bits per heavy atom. The predicted molar refractivity (Wildman–Crippen MR) is 125 cm³/mol. The molecule has 5 N–H and O–H groups in total. The first kappa shape index (κ1) is 27.2. The van der Waals surface area contributed by atoms with Crippen molar-refractivity contribution in [3.8, 4) is 0 Å². The number of benzene rings is 1. The number of nitrogens with two attached hydrogens (primary N) is 1. The number of nitrogen functional groups attached to an aromatic ring is 1. The molecular formula is C23H35ClN6O2. The Kier molecular flexibility index (Phi) is 13.5. The average Bonchev–Trinajstić information content (AvgIpc) is 2.77. The van der Waals surface area contributed by atoms with Crippen LogP contribution >= 0.6 is 0 Å². The number of rotatable bonds is 13. The first-order valence-electron chi connectivity index (χ1n) is 11.1. The monoisotopic (exact) mass is 462 g/mol. The molecule has 0 saturated carbocycles. The zero-order valence-electron chi connectivity index (χ0n) is 19.0. The second-order valence-electron chi connectivity index (χ2n) is 7.29. The fraction of sp³-hybridized carbons (Fsp3) is 0.478. The fourth-order valence-electron chi connectivity index (χ4n) is 3.05. The smallest absolute Gasteiger partial charge is 0.411 e. The van der Waals surface area contributed by atoms with Gasteiger partial charge < -0.3 is 28.2 Å². The number of pyridine rings is 1. The van der Waals surface area contributed by atoms with Gasteiger partial charge in [-0.2, -0.15) is 5.11 Å². The summed E-state index contributed by atoms with van der Waals surface area (Å²) in [6.45, 7) is 5.04. The third kappa shape index (κ3) is 9.96. The zero-order valence-corrected chi connectivity index (χ0v) is 19.8. The van der Waals surface area contributed by atoms with Gasteiger partial charge in [0.1, 0.15) is 5.69 Å². The second kappa shape index (κ2) is 15.9. The maximum Gasteiger partial charge on any atom is 0.411 e. The lowest BCUT2D eigenvalue weighted by molar-refractivity contribution is -0.341. The normalized spacial score (nSPS) is 10.6. The molecule has 1 amide bonds. The van der Waals surface area contributed by atoms with Crippen molar-refractivity contribution in [3.63, 3.8) is 0 Å². The highest BCUT2D eigenvalue weighted by Gasteiger charge is 2.16. The maximum absolute atomic E-state index is 11.8. The molecule has 1 heterocycles. The standard InChI is InChI=1S/C23H34N6O2.ClH/c1-3-5-6-7-8-9-13-16-25-22-20(29-28-18-14-11-10-12-15-18)17-19(21(24)27-22)26-23(30)31-4-2;/h10-12,14-15,17H,3-9,13,16H2,1-2H3,(H,26,30)(H3,24,25,27);1H.